The number of rotatable bonds is 4. The van der Waals surface area contributed by atoms with Crippen molar-refractivity contribution in [2.45, 2.75) is 38.9 Å². The molecule has 2 nitrogen and oxygen atoms in total. The lowest BCUT2D eigenvalue weighted by Crippen LogP contribution is -2.41. The maximum Gasteiger partial charge on any atom is 0.416 e. The monoisotopic (exact) mass is 300 g/mol. The second-order valence-electron chi connectivity index (χ2n) is 5.81. The van der Waals surface area contributed by atoms with E-state index >= 15 is 0 Å². The van der Waals surface area contributed by atoms with Crippen molar-refractivity contribution in [3.8, 4) is 0 Å². The van der Waals surface area contributed by atoms with Gasteiger partial charge in [0.25, 0.3) is 0 Å². The fourth-order valence-electron chi connectivity index (χ4n) is 2.95. The third-order valence-corrected chi connectivity index (χ3v) is 4.28. The Morgan fingerprint density at radius 2 is 2.14 bits per heavy atom. The van der Waals surface area contributed by atoms with E-state index in [1.165, 1.54) is 12.1 Å². The molecule has 2 rings (SSSR count). The molecule has 1 saturated heterocycles. The van der Waals surface area contributed by atoms with Crippen LogP contribution in [0, 0.1) is 5.92 Å². The van der Waals surface area contributed by atoms with Crippen molar-refractivity contribution in [3.05, 3.63) is 29.8 Å². The number of alkyl halides is 3. The van der Waals surface area contributed by atoms with E-state index in [9.17, 15) is 13.2 Å². The van der Waals surface area contributed by atoms with E-state index in [1.807, 2.05) is 0 Å². The summed E-state index contributed by atoms with van der Waals surface area (Å²) in [5.41, 5.74) is -0.0514. The van der Waals surface area contributed by atoms with Gasteiger partial charge in [-0.3, -0.25) is 0 Å². The molecule has 0 amide bonds. The van der Waals surface area contributed by atoms with Gasteiger partial charge in [-0.25, -0.2) is 0 Å². The lowest BCUT2D eigenvalue weighted by Gasteiger charge is -2.35. The average molecular weight is 300 g/mol. The molecule has 1 aromatic rings. The first-order valence-corrected chi connectivity index (χ1v) is 7.56. The molecule has 1 aromatic carbocycles. The minimum atomic E-state index is -4.29. The van der Waals surface area contributed by atoms with E-state index in [0.29, 0.717) is 11.6 Å². The van der Waals surface area contributed by atoms with Crippen LogP contribution in [-0.4, -0.2) is 30.6 Å². The normalized spacial score (nSPS) is 22.0. The van der Waals surface area contributed by atoms with Crippen LogP contribution in [0.25, 0.3) is 0 Å². The topological polar surface area (TPSA) is 15.3 Å². The summed E-state index contributed by atoms with van der Waals surface area (Å²) in [4.78, 5) is 2.40. The number of benzene rings is 1. The Balaban J connectivity index is 2.00. The number of anilines is 1. The van der Waals surface area contributed by atoms with E-state index in [-0.39, 0.29) is 6.04 Å². The first-order valence-electron chi connectivity index (χ1n) is 7.56. The molecule has 2 atom stereocenters. The summed E-state index contributed by atoms with van der Waals surface area (Å²) in [5.74, 6) is 0.480. The van der Waals surface area contributed by atoms with E-state index in [4.69, 9.17) is 0 Å². The van der Waals surface area contributed by atoms with Gasteiger partial charge in [0, 0.05) is 18.3 Å². The summed E-state index contributed by atoms with van der Waals surface area (Å²) in [6, 6.07) is 5.62. The molecule has 1 aliphatic rings. The molecule has 1 fully saturated rings. The maximum absolute atomic E-state index is 12.7. The molecule has 5 heteroatoms. The largest absolute Gasteiger partial charge is 0.416 e. The molecule has 2 unspecified atom stereocenters. The molecule has 1 heterocycles. The summed E-state index contributed by atoms with van der Waals surface area (Å²) in [6.45, 7) is 7.39. The van der Waals surface area contributed by atoms with Gasteiger partial charge in [0.2, 0.25) is 0 Å². The van der Waals surface area contributed by atoms with Gasteiger partial charge >= 0.3 is 6.18 Å². The fraction of sp³-hybridized carbons (Fsp3) is 0.625. The molecule has 0 saturated carbocycles. The minimum absolute atomic E-state index is 0.169. The quantitative estimate of drug-likeness (QED) is 0.895. The number of nitrogens with one attached hydrogen (secondary N) is 1. The summed E-state index contributed by atoms with van der Waals surface area (Å²) >= 11 is 0. The minimum Gasteiger partial charge on any atom is -0.382 e. The zero-order valence-corrected chi connectivity index (χ0v) is 12.6. The zero-order chi connectivity index (χ0) is 15.5. The van der Waals surface area contributed by atoms with Crippen molar-refractivity contribution in [2.24, 2.45) is 5.92 Å². The number of piperidine rings is 1. The highest BCUT2D eigenvalue weighted by molar-refractivity contribution is 5.47. The predicted octanol–water partition coefficient (Wildman–Crippen LogP) is 4.24. The number of hydrogen-bond acceptors (Lipinski definition) is 2. The van der Waals surface area contributed by atoms with Gasteiger partial charge in [-0.2, -0.15) is 13.2 Å². The van der Waals surface area contributed by atoms with Crippen molar-refractivity contribution in [2.75, 3.05) is 25.0 Å². The van der Waals surface area contributed by atoms with Gasteiger partial charge in [0.1, 0.15) is 0 Å². The van der Waals surface area contributed by atoms with E-state index in [2.05, 4.69) is 24.1 Å². The smallest absolute Gasteiger partial charge is 0.382 e. The van der Waals surface area contributed by atoms with E-state index in [0.717, 1.165) is 38.5 Å². The van der Waals surface area contributed by atoms with Crippen LogP contribution in [0.2, 0.25) is 0 Å². The van der Waals surface area contributed by atoms with Crippen LogP contribution in [0.1, 0.15) is 32.3 Å². The second kappa shape index (κ2) is 6.69. The third-order valence-electron chi connectivity index (χ3n) is 4.28. The molecule has 0 bridgehead atoms. The lowest BCUT2D eigenvalue weighted by atomic mass is 9.91. The van der Waals surface area contributed by atoms with Crippen molar-refractivity contribution in [1.82, 2.24) is 4.90 Å². The van der Waals surface area contributed by atoms with Crippen molar-refractivity contribution >= 4 is 5.69 Å². The molecule has 1 N–H and O–H groups in total. The molecule has 118 valence electrons. The van der Waals surface area contributed by atoms with Crippen molar-refractivity contribution in [3.63, 3.8) is 0 Å². The maximum atomic E-state index is 12.7. The fourth-order valence-corrected chi connectivity index (χ4v) is 2.95. The summed E-state index contributed by atoms with van der Waals surface area (Å²) < 4.78 is 38.2. The van der Waals surface area contributed by atoms with Crippen molar-refractivity contribution in [1.29, 1.82) is 0 Å². The molecule has 21 heavy (non-hydrogen) atoms. The van der Waals surface area contributed by atoms with Crippen LogP contribution in [-0.2, 0) is 6.18 Å². The summed E-state index contributed by atoms with van der Waals surface area (Å²) in [6.07, 6.45) is -2.00. The zero-order valence-electron chi connectivity index (χ0n) is 12.6. The van der Waals surface area contributed by atoms with Crippen LogP contribution < -0.4 is 5.32 Å². The van der Waals surface area contributed by atoms with E-state index in [1.54, 1.807) is 6.07 Å². The summed E-state index contributed by atoms with van der Waals surface area (Å²) in [5, 5.41) is 3.24. The van der Waals surface area contributed by atoms with Crippen LogP contribution in [0.15, 0.2) is 24.3 Å². The lowest BCUT2D eigenvalue weighted by molar-refractivity contribution is -0.137. The number of nitrogens with zero attached hydrogens (tertiary/aromatic N) is 1. The van der Waals surface area contributed by atoms with Crippen LogP contribution in [0.5, 0.6) is 0 Å². The molecule has 0 spiro atoms. The first-order chi connectivity index (χ1) is 9.90. The van der Waals surface area contributed by atoms with E-state index < -0.39 is 11.7 Å². The first kappa shape index (κ1) is 16.1. The Hall–Kier alpha value is -1.23. The van der Waals surface area contributed by atoms with Gasteiger partial charge < -0.3 is 10.2 Å². The van der Waals surface area contributed by atoms with Crippen LogP contribution in [0.4, 0.5) is 18.9 Å². The number of halogens is 3. The second-order valence-corrected chi connectivity index (χ2v) is 5.81. The Morgan fingerprint density at radius 3 is 2.81 bits per heavy atom. The van der Waals surface area contributed by atoms with Gasteiger partial charge in [-0.1, -0.05) is 13.0 Å². The Morgan fingerprint density at radius 1 is 1.38 bits per heavy atom. The van der Waals surface area contributed by atoms with Gasteiger partial charge in [0.05, 0.1) is 5.56 Å². The molecular formula is C16H23F3N2. The van der Waals surface area contributed by atoms with Crippen LogP contribution in [0.3, 0.4) is 0 Å². The highest BCUT2D eigenvalue weighted by Crippen LogP contribution is 2.31. The highest BCUT2D eigenvalue weighted by Gasteiger charge is 2.30. The Kier molecular flexibility index (Phi) is 5.14. The Bertz CT molecular complexity index is 459. The predicted molar refractivity (Wildman–Crippen MR) is 79.4 cm³/mol. The molecule has 0 aromatic heterocycles. The average Bonchev–Trinajstić information content (AvgIpc) is 2.46. The summed E-state index contributed by atoms with van der Waals surface area (Å²) in [7, 11) is 0. The number of likely N-dealkylation sites (tertiary alicyclic amines) is 1. The van der Waals surface area contributed by atoms with Crippen molar-refractivity contribution < 1.29 is 13.2 Å². The van der Waals surface area contributed by atoms with Gasteiger partial charge in [0.15, 0.2) is 0 Å². The molecule has 0 aliphatic carbocycles. The number of hydrogen-bond donors (Lipinski definition) is 1. The molecular weight excluding hydrogens is 277 g/mol. The van der Waals surface area contributed by atoms with Gasteiger partial charge in [-0.15, -0.1) is 0 Å². The Labute approximate surface area is 124 Å². The van der Waals surface area contributed by atoms with Gasteiger partial charge in [-0.05, 0) is 57.0 Å². The highest BCUT2D eigenvalue weighted by atomic mass is 19.4. The standard InChI is InChI=1S/C16H23F3N2/c1-3-21-9-5-6-13(11-21)12(2)20-15-8-4-7-14(10-15)16(17,18)19/h4,7-8,10,12-13,20H,3,5-6,9,11H2,1-2H3. The molecule has 0 radical (unpaired) electrons. The third kappa shape index (κ3) is 4.37. The SMILES string of the molecule is CCN1CCCC(C(C)Nc2cccc(C(F)(F)F)c2)C1. The van der Waals surface area contributed by atoms with Crippen LogP contribution >= 0.6 is 0 Å². The molecule has 1 aliphatic heterocycles.